The molecule has 0 aliphatic heterocycles. The SMILES string of the molecule is COc1cccc(NC(=O)CCS(=O)(=O)N(C)C)c1. The van der Waals surface area contributed by atoms with Gasteiger partial charge < -0.3 is 10.1 Å². The summed E-state index contributed by atoms with van der Waals surface area (Å²) >= 11 is 0. The quantitative estimate of drug-likeness (QED) is 0.843. The van der Waals surface area contributed by atoms with Crippen LogP contribution in [0.25, 0.3) is 0 Å². The molecule has 106 valence electrons. The fourth-order valence-electron chi connectivity index (χ4n) is 1.33. The predicted octanol–water partition coefficient (Wildman–Crippen LogP) is 0.915. The topological polar surface area (TPSA) is 75.7 Å². The molecular formula is C12H18N2O4S. The second-order valence-electron chi connectivity index (χ2n) is 4.13. The van der Waals surface area contributed by atoms with Gasteiger partial charge in [0.1, 0.15) is 5.75 Å². The van der Waals surface area contributed by atoms with Gasteiger partial charge in [0.15, 0.2) is 0 Å². The van der Waals surface area contributed by atoms with E-state index in [-0.39, 0.29) is 18.1 Å². The van der Waals surface area contributed by atoms with E-state index in [0.717, 1.165) is 4.31 Å². The average Bonchev–Trinajstić information content (AvgIpc) is 2.36. The van der Waals surface area contributed by atoms with Gasteiger partial charge >= 0.3 is 0 Å². The van der Waals surface area contributed by atoms with Crippen molar-refractivity contribution in [1.29, 1.82) is 0 Å². The molecule has 0 heterocycles. The Morgan fingerprint density at radius 1 is 1.37 bits per heavy atom. The highest BCUT2D eigenvalue weighted by molar-refractivity contribution is 7.89. The number of ether oxygens (including phenoxy) is 1. The van der Waals surface area contributed by atoms with Gasteiger partial charge in [-0.05, 0) is 12.1 Å². The monoisotopic (exact) mass is 286 g/mol. The van der Waals surface area contributed by atoms with Gasteiger partial charge in [0.05, 0.1) is 12.9 Å². The number of rotatable bonds is 6. The molecule has 0 saturated carbocycles. The number of anilines is 1. The first-order valence-corrected chi connectivity index (χ1v) is 7.30. The molecule has 0 radical (unpaired) electrons. The van der Waals surface area contributed by atoms with Crippen molar-refractivity contribution in [3.8, 4) is 5.75 Å². The van der Waals surface area contributed by atoms with Gasteiger partial charge in [0, 0.05) is 32.3 Å². The van der Waals surface area contributed by atoms with E-state index in [0.29, 0.717) is 11.4 Å². The van der Waals surface area contributed by atoms with Crippen molar-refractivity contribution < 1.29 is 17.9 Å². The van der Waals surface area contributed by atoms with Crippen LogP contribution in [0.5, 0.6) is 5.75 Å². The summed E-state index contributed by atoms with van der Waals surface area (Å²) in [6.45, 7) is 0. The number of amides is 1. The van der Waals surface area contributed by atoms with Crippen LogP contribution in [-0.2, 0) is 14.8 Å². The number of carbonyl (C=O) groups excluding carboxylic acids is 1. The van der Waals surface area contributed by atoms with Crippen molar-refractivity contribution in [3.63, 3.8) is 0 Å². The molecule has 0 atom stereocenters. The third-order valence-corrected chi connectivity index (χ3v) is 4.33. The third-order valence-electron chi connectivity index (χ3n) is 2.50. The summed E-state index contributed by atoms with van der Waals surface area (Å²) in [5.74, 6) is 0.0629. The number of methoxy groups -OCH3 is 1. The summed E-state index contributed by atoms with van der Waals surface area (Å²) in [5.41, 5.74) is 0.576. The molecule has 0 spiro atoms. The maximum absolute atomic E-state index is 11.6. The van der Waals surface area contributed by atoms with E-state index < -0.39 is 10.0 Å². The zero-order valence-corrected chi connectivity index (χ0v) is 12.0. The van der Waals surface area contributed by atoms with Crippen LogP contribution in [0.15, 0.2) is 24.3 Å². The second-order valence-corrected chi connectivity index (χ2v) is 6.43. The Labute approximate surface area is 113 Å². The van der Waals surface area contributed by atoms with Gasteiger partial charge in [-0.3, -0.25) is 4.79 Å². The van der Waals surface area contributed by atoms with E-state index in [4.69, 9.17) is 4.74 Å². The largest absolute Gasteiger partial charge is 0.497 e. The van der Waals surface area contributed by atoms with E-state index in [9.17, 15) is 13.2 Å². The lowest BCUT2D eigenvalue weighted by Crippen LogP contribution is -2.27. The summed E-state index contributed by atoms with van der Waals surface area (Å²) in [4.78, 5) is 11.6. The third kappa shape index (κ3) is 4.88. The first-order chi connectivity index (χ1) is 8.85. The van der Waals surface area contributed by atoms with Gasteiger partial charge in [0.2, 0.25) is 15.9 Å². The molecule has 0 aliphatic rings. The van der Waals surface area contributed by atoms with Gasteiger partial charge in [0.25, 0.3) is 0 Å². The van der Waals surface area contributed by atoms with Crippen LogP contribution in [0.2, 0.25) is 0 Å². The number of nitrogens with zero attached hydrogens (tertiary/aromatic N) is 1. The number of hydrogen-bond acceptors (Lipinski definition) is 4. The molecule has 7 heteroatoms. The first-order valence-electron chi connectivity index (χ1n) is 5.69. The van der Waals surface area contributed by atoms with Crippen LogP contribution in [0.4, 0.5) is 5.69 Å². The van der Waals surface area contributed by atoms with Gasteiger partial charge in [-0.2, -0.15) is 0 Å². The molecular weight excluding hydrogens is 268 g/mol. The molecule has 1 rings (SSSR count). The molecule has 0 saturated heterocycles. The van der Waals surface area contributed by atoms with Crippen molar-refractivity contribution >= 4 is 21.6 Å². The van der Waals surface area contributed by atoms with E-state index in [1.165, 1.54) is 21.2 Å². The van der Waals surface area contributed by atoms with Crippen LogP contribution in [0.1, 0.15) is 6.42 Å². The van der Waals surface area contributed by atoms with Crippen molar-refractivity contribution in [2.24, 2.45) is 0 Å². The number of nitrogens with one attached hydrogen (secondary N) is 1. The number of benzene rings is 1. The minimum Gasteiger partial charge on any atom is -0.497 e. The summed E-state index contributed by atoms with van der Waals surface area (Å²) < 4.78 is 29.2. The Kier molecular flexibility index (Phi) is 5.31. The fourth-order valence-corrected chi connectivity index (χ4v) is 2.14. The molecule has 0 bridgehead atoms. The predicted molar refractivity (Wildman–Crippen MR) is 73.7 cm³/mol. The van der Waals surface area contributed by atoms with Crippen LogP contribution >= 0.6 is 0 Å². The van der Waals surface area contributed by atoms with Crippen molar-refractivity contribution in [3.05, 3.63) is 24.3 Å². The number of sulfonamides is 1. The maximum atomic E-state index is 11.6. The summed E-state index contributed by atoms with van der Waals surface area (Å²) in [6, 6.07) is 6.87. The molecule has 19 heavy (non-hydrogen) atoms. The van der Waals surface area contributed by atoms with E-state index in [1.54, 1.807) is 24.3 Å². The molecule has 1 aromatic rings. The highest BCUT2D eigenvalue weighted by atomic mass is 32.2. The zero-order chi connectivity index (χ0) is 14.5. The molecule has 0 aliphatic carbocycles. The summed E-state index contributed by atoms with van der Waals surface area (Å²) in [7, 11) is 1.06. The molecule has 0 unspecified atom stereocenters. The molecule has 1 N–H and O–H groups in total. The lowest BCUT2D eigenvalue weighted by Gasteiger charge is -2.11. The Hall–Kier alpha value is -1.60. The summed E-state index contributed by atoms with van der Waals surface area (Å²) in [5, 5.41) is 2.63. The van der Waals surface area contributed by atoms with Gasteiger partial charge in [-0.15, -0.1) is 0 Å². The molecule has 6 nitrogen and oxygen atoms in total. The number of carbonyl (C=O) groups is 1. The Bertz CT molecular complexity index is 540. The smallest absolute Gasteiger partial charge is 0.225 e. The average molecular weight is 286 g/mol. The van der Waals surface area contributed by atoms with Gasteiger partial charge in [-0.25, -0.2) is 12.7 Å². The number of hydrogen-bond donors (Lipinski definition) is 1. The normalized spacial score (nSPS) is 11.4. The molecule has 1 amide bonds. The lowest BCUT2D eigenvalue weighted by molar-refractivity contribution is -0.115. The Morgan fingerprint density at radius 2 is 2.05 bits per heavy atom. The standard InChI is InChI=1S/C12H18N2O4S/c1-14(2)19(16,17)8-7-12(15)13-10-5-4-6-11(9-10)18-3/h4-6,9H,7-8H2,1-3H3,(H,13,15). The summed E-state index contributed by atoms with van der Waals surface area (Å²) in [6.07, 6.45) is -0.0856. The van der Waals surface area contributed by atoms with Crippen LogP contribution < -0.4 is 10.1 Å². The Balaban J connectivity index is 2.56. The van der Waals surface area contributed by atoms with Crippen LogP contribution in [0, 0.1) is 0 Å². The second kappa shape index (κ2) is 6.53. The zero-order valence-electron chi connectivity index (χ0n) is 11.2. The van der Waals surface area contributed by atoms with Crippen molar-refractivity contribution in [1.82, 2.24) is 4.31 Å². The van der Waals surface area contributed by atoms with Crippen LogP contribution in [0.3, 0.4) is 0 Å². The van der Waals surface area contributed by atoms with Crippen LogP contribution in [-0.4, -0.2) is 45.6 Å². The van der Waals surface area contributed by atoms with E-state index in [1.807, 2.05) is 0 Å². The lowest BCUT2D eigenvalue weighted by atomic mass is 10.3. The Morgan fingerprint density at radius 3 is 2.63 bits per heavy atom. The molecule has 0 fully saturated rings. The van der Waals surface area contributed by atoms with Gasteiger partial charge in [-0.1, -0.05) is 6.07 Å². The van der Waals surface area contributed by atoms with E-state index in [2.05, 4.69) is 5.32 Å². The highest BCUT2D eigenvalue weighted by Gasteiger charge is 2.15. The fraction of sp³-hybridized carbons (Fsp3) is 0.417. The minimum absolute atomic E-state index is 0.0856. The maximum Gasteiger partial charge on any atom is 0.225 e. The molecule has 0 aromatic heterocycles. The minimum atomic E-state index is -3.35. The highest BCUT2D eigenvalue weighted by Crippen LogP contribution is 2.16. The van der Waals surface area contributed by atoms with Crippen molar-refractivity contribution in [2.75, 3.05) is 32.3 Å². The van der Waals surface area contributed by atoms with E-state index >= 15 is 0 Å². The molecule has 1 aromatic carbocycles. The first kappa shape index (κ1) is 15.5. The van der Waals surface area contributed by atoms with Crippen molar-refractivity contribution in [2.45, 2.75) is 6.42 Å².